The molecule has 0 saturated carbocycles. The molecular weight excluding hydrogens is 216 g/mol. The van der Waals surface area contributed by atoms with Gasteiger partial charge in [0.2, 0.25) is 0 Å². The van der Waals surface area contributed by atoms with E-state index in [9.17, 15) is 4.79 Å². The fourth-order valence-electron chi connectivity index (χ4n) is 1.17. The van der Waals surface area contributed by atoms with E-state index in [1.54, 1.807) is 11.3 Å². The topological polar surface area (TPSA) is 17.1 Å². The Morgan fingerprint density at radius 2 is 2.21 bits per heavy atom. The van der Waals surface area contributed by atoms with Crippen LogP contribution in [0.4, 0.5) is 0 Å². The zero-order valence-electron chi connectivity index (χ0n) is 8.71. The summed E-state index contributed by atoms with van der Waals surface area (Å²) in [4.78, 5) is 12.9. The third-order valence-electron chi connectivity index (χ3n) is 1.98. The summed E-state index contributed by atoms with van der Waals surface area (Å²) in [5, 5.41) is 1.61. The molecule has 1 heterocycles. The molecule has 1 nitrogen and oxygen atoms in total. The summed E-state index contributed by atoms with van der Waals surface area (Å²) in [6.07, 6.45) is 0.648. The molecule has 0 bridgehead atoms. The maximum atomic E-state index is 11.8. The fraction of sp³-hybridized carbons (Fsp3) is 0.545. The summed E-state index contributed by atoms with van der Waals surface area (Å²) < 4.78 is 0. The van der Waals surface area contributed by atoms with Gasteiger partial charge >= 0.3 is 0 Å². The average molecular weight is 231 g/mol. The Balaban J connectivity index is 2.59. The van der Waals surface area contributed by atoms with Crippen LogP contribution in [-0.4, -0.2) is 11.2 Å². The number of alkyl halides is 1. The van der Waals surface area contributed by atoms with Crippen LogP contribution in [0.2, 0.25) is 0 Å². The number of halogens is 1. The Labute approximate surface area is 94.1 Å². The van der Waals surface area contributed by atoms with Gasteiger partial charge in [0, 0.05) is 16.7 Å². The van der Waals surface area contributed by atoms with Gasteiger partial charge in [0.15, 0.2) is 5.78 Å². The molecule has 1 aromatic rings. The van der Waals surface area contributed by atoms with Crippen LogP contribution in [0, 0.1) is 5.41 Å². The number of carbonyl (C=O) groups excluding carboxylic acids is 1. The highest BCUT2D eigenvalue weighted by molar-refractivity contribution is 7.09. The van der Waals surface area contributed by atoms with Gasteiger partial charge in [0.05, 0.1) is 5.38 Å². The Morgan fingerprint density at radius 3 is 2.64 bits per heavy atom. The van der Waals surface area contributed by atoms with E-state index < -0.39 is 5.38 Å². The summed E-state index contributed by atoms with van der Waals surface area (Å²) in [6.45, 7) is 5.71. The minimum atomic E-state index is -0.395. The Hall–Kier alpha value is -0.340. The van der Waals surface area contributed by atoms with Gasteiger partial charge in [-0.25, -0.2) is 0 Å². The third-order valence-corrected chi connectivity index (χ3v) is 3.24. The molecule has 1 atom stereocenters. The van der Waals surface area contributed by atoms with E-state index >= 15 is 0 Å². The SMILES string of the molecule is CC(C)(C)C(=O)C(Cl)Cc1cccs1. The molecule has 0 aliphatic heterocycles. The number of hydrogen-bond acceptors (Lipinski definition) is 2. The smallest absolute Gasteiger partial charge is 0.156 e. The largest absolute Gasteiger partial charge is 0.297 e. The molecule has 0 amide bonds. The molecule has 0 radical (unpaired) electrons. The van der Waals surface area contributed by atoms with Gasteiger partial charge in [0.1, 0.15) is 0 Å². The maximum absolute atomic E-state index is 11.8. The van der Waals surface area contributed by atoms with Gasteiger partial charge < -0.3 is 0 Å². The van der Waals surface area contributed by atoms with E-state index in [0.29, 0.717) is 6.42 Å². The molecule has 0 spiro atoms. The van der Waals surface area contributed by atoms with Crippen LogP contribution < -0.4 is 0 Å². The summed E-state index contributed by atoms with van der Waals surface area (Å²) >= 11 is 7.71. The summed E-state index contributed by atoms with van der Waals surface area (Å²) in [5.74, 6) is 0.118. The van der Waals surface area contributed by atoms with E-state index in [2.05, 4.69) is 0 Å². The Bertz CT molecular complexity index is 298. The Kier molecular flexibility index (Phi) is 3.73. The first-order chi connectivity index (χ1) is 6.41. The normalized spacial score (nSPS) is 14.0. The van der Waals surface area contributed by atoms with E-state index in [0.717, 1.165) is 0 Å². The quantitative estimate of drug-likeness (QED) is 0.727. The van der Waals surface area contributed by atoms with E-state index in [-0.39, 0.29) is 11.2 Å². The summed E-state index contributed by atoms with van der Waals surface area (Å²) in [7, 11) is 0. The second-order valence-electron chi connectivity index (χ2n) is 4.37. The Morgan fingerprint density at radius 1 is 1.57 bits per heavy atom. The molecule has 0 saturated heterocycles. The molecule has 0 aliphatic rings. The number of Topliss-reactive ketones (excluding diaryl/α,β-unsaturated/α-hetero) is 1. The monoisotopic (exact) mass is 230 g/mol. The predicted octanol–water partition coefficient (Wildman–Crippen LogP) is 3.51. The molecule has 0 aromatic carbocycles. The highest BCUT2D eigenvalue weighted by Crippen LogP contribution is 2.23. The first-order valence-corrected chi connectivity index (χ1v) is 5.93. The van der Waals surface area contributed by atoms with Crippen molar-refractivity contribution in [2.45, 2.75) is 32.6 Å². The predicted molar refractivity (Wildman–Crippen MR) is 62.1 cm³/mol. The second-order valence-corrected chi connectivity index (χ2v) is 5.92. The van der Waals surface area contributed by atoms with Crippen molar-refractivity contribution in [2.75, 3.05) is 0 Å². The molecule has 0 aliphatic carbocycles. The molecule has 78 valence electrons. The minimum Gasteiger partial charge on any atom is -0.297 e. The molecule has 3 heteroatoms. The zero-order valence-corrected chi connectivity index (χ0v) is 10.3. The lowest BCUT2D eigenvalue weighted by Crippen LogP contribution is -2.30. The highest BCUT2D eigenvalue weighted by Gasteiger charge is 2.28. The van der Waals surface area contributed by atoms with Gasteiger partial charge in [-0.3, -0.25) is 4.79 Å². The van der Waals surface area contributed by atoms with Crippen LogP contribution in [0.5, 0.6) is 0 Å². The van der Waals surface area contributed by atoms with Crippen molar-refractivity contribution >= 4 is 28.7 Å². The van der Waals surface area contributed by atoms with E-state index in [1.165, 1.54) is 4.88 Å². The summed E-state index contributed by atoms with van der Waals surface area (Å²) in [6, 6.07) is 3.99. The zero-order chi connectivity index (χ0) is 10.8. The van der Waals surface area contributed by atoms with Crippen molar-refractivity contribution in [3.05, 3.63) is 22.4 Å². The minimum absolute atomic E-state index is 0.118. The average Bonchev–Trinajstić information content (AvgIpc) is 2.53. The van der Waals surface area contributed by atoms with E-state index in [4.69, 9.17) is 11.6 Å². The molecule has 1 unspecified atom stereocenters. The summed E-state index contributed by atoms with van der Waals surface area (Å²) in [5.41, 5.74) is -0.344. The lowest BCUT2D eigenvalue weighted by molar-refractivity contribution is -0.125. The van der Waals surface area contributed by atoms with Crippen molar-refractivity contribution in [3.63, 3.8) is 0 Å². The molecule has 14 heavy (non-hydrogen) atoms. The van der Waals surface area contributed by atoms with Crippen molar-refractivity contribution in [1.82, 2.24) is 0 Å². The molecule has 1 aromatic heterocycles. The first kappa shape index (κ1) is 11.7. The number of rotatable bonds is 3. The lowest BCUT2D eigenvalue weighted by atomic mass is 9.88. The van der Waals surface area contributed by atoms with Crippen molar-refractivity contribution in [2.24, 2.45) is 5.41 Å². The third kappa shape index (κ3) is 3.10. The van der Waals surface area contributed by atoms with Crippen molar-refractivity contribution in [1.29, 1.82) is 0 Å². The van der Waals surface area contributed by atoms with Crippen LogP contribution in [0.15, 0.2) is 17.5 Å². The molecule has 1 rings (SSSR count). The maximum Gasteiger partial charge on any atom is 0.156 e. The lowest BCUT2D eigenvalue weighted by Gasteiger charge is -2.19. The molecule has 0 N–H and O–H groups in total. The van der Waals surface area contributed by atoms with E-state index in [1.807, 2.05) is 38.3 Å². The standard InChI is InChI=1S/C11H15ClOS/c1-11(2,3)10(13)9(12)7-8-5-4-6-14-8/h4-6,9H,7H2,1-3H3. The van der Waals surface area contributed by atoms with Gasteiger partial charge in [-0.1, -0.05) is 26.8 Å². The first-order valence-electron chi connectivity index (χ1n) is 4.62. The van der Waals surface area contributed by atoms with Crippen LogP contribution in [0.1, 0.15) is 25.6 Å². The number of carbonyl (C=O) groups is 1. The highest BCUT2D eigenvalue weighted by atomic mass is 35.5. The van der Waals surface area contributed by atoms with Crippen LogP contribution in [-0.2, 0) is 11.2 Å². The van der Waals surface area contributed by atoms with Gasteiger partial charge in [-0.05, 0) is 11.4 Å². The number of thiophene rings is 1. The van der Waals surface area contributed by atoms with Gasteiger partial charge in [-0.15, -0.1) is 22.9 Å². The van der Waals surface area contributed by atoms with Crippen molar-refractivity contribution in [3.8, 4) is 0 Å². The van der Waals surface area contributed by atoms with Crippen LogP contribution in [0.25, 0.3) is 0 Å². The van der Waals surface area contributed by atoms with Crippen LogP contribution >= 0.6 is 22.9 Å². The number of hydrogen-bond donors (Lipinski definition) is 0. The fourth-order valence-corrected chi connectivity index (χ4v) is 2.50. The van der Waals surface area contributed by atoms with Gasteiger partial charge in [-0.2, -0.15) is 0 Å². The van der Waals surface area contributed by atoms with Crippen LogP contribution in [0.3, 0.4) is 0 Å². The number of ketones is 1. The molecule has 0 fully saturated rings. The van der Waals surface area contributed by atoms with Gasteiger partial charge in [0.25, 0.3) is 0 Å². The van der Waals surface area contributed by atoms with Crippen molar-refractivity contribution < 1.29 is 4.79 Å². The second kappa shape index (κ2) is 4.45. The molecular formula is C11H15ClOS.